The maximum absolute atomic E-state index is 6.35. The van der Waals surface area contributed by atoms with Gasteiger partial charge in [-0.2, -0.15) is 0 Å². The van der Waals surface area contributed by atoms with Gasteiger partial charge in [0.2, 0.25) is 0 Å². The number of piperazine rings is 1. The van der Waals surface area contributed by atoms with E-state index in [2.05, 4.69) is 70.5 Å². The van der Waals surface area contributed by atoms with Crippen LogP contribution in [0.15, 0.2) is 60.7 Å². The van der Waals surface area contributed by atoms with Crippen LogP contribution in [0, 0.1) is 0 Å². The third kappa shape index (κ3) is 4.49. The molecule has 2 aromatic carbocycles. The van der Waals surface area contributed by atoms with E-state index in [-0.39, 0.29) is 6.10 Å². The Bertz CT molecular complexity index is 594. The van der Waals surface area contributed by atoms with Crippen molar-refractivity contribution < 1.29 is 4.74 Å². The van der Waals surface area contributed by atoms with Crippen molar-refractivity contribution >= 4 is 0 Å². The predicted octanol–water partition coefficient (Wildman–Crippen LogP) is 3.57. The Morgan fingerprint density at radius 2 is 1.36 bits per heavy atom. The van der Waals surface area contributed by atoms with Gasteiger partial charge in [0, 0.05) is 38.8 Å². The maximum atomic E-state index is 6.35. The topological polar surface area (TPSA) is 15.7 Å². The van der Waals surface area contributed by atoms with Crippen molar-refractivity contribution in [3.63, 3.8) is 0 Å². The van der Waals surface area contributed by atoms with Gasteiger partial charge < -0.3 is 4.74 Å². The molecule has 3 nitrogen and oxygen atoms in total. The molecule has 1 heterocycles. The third-order valence-corrected chi connectivity index (χ3v) is 5.37. The first kappa shape index (κ1) is 16.8. The largest absolute Gasteiger partial charge is 0.367 e. The van der Waals surface area contributed by atoms with Crippen LogP contribution in [0.5, 0.6) is 0 Å². The molecular formula is C22H28N2O. The van der Waals surface area contributed by atoms with E-state index in [0.29, 0.717) is 0 Å². The smallest absolute Gasteiger partial charge is 0.108 e. The number of benzene rings is 2. The molecule has 1 saturated heterocycles. The van der Waals surface area contributed by atoms with Gasteiger partial charge in [0.25, 0.3) is 0 Å². The summed E-state index contributed by atoms with van der Waals surface area (Å²) in [6.45, 7) is 6.62. The van der Waals surface area contributed by atoms with E-state index < -0.39 is 0 Å². The van der Waals surface area contributed by atoms with Gasteiger partial charge in [-0.05, 0) is 24.0 Å². The summed E-state index contributed by atoms with van der Waals surface area (Å²) in [5.74, 6) is 0. The SMILES string of the molecule is c1ccc(C(OCCN2CCN(C3CC3)CC2)c2ccccc2)cc1. The van der Waals surface area contributed by atoms with E-state index in [0.717, 1.165) is 19.2 Å². The van der Waals surface area contributed by atoms with Gasteiger partial charge >= 0.3 is 0 Å². The predicted molar refractivity (Wildman–Crippen MR) is 102 cm³/mol. The van der Waals surface area contributed by atoms with Crippen molar-refractivity contribution in [3.8, 4) is 0 Å². The summed E-state index contributed by atoms with van der Waals surface area (Å²) in [6.07, 6.45) is 2.85. The monoisotopic (exact) mass is 336 g/mol. The lowest BCUT2D eigenvalue weighted by atomic mass is 10.0. The van der Waals surface area contributed by atoms with Crippen molar-refractivity contribution in [2.24, 2.45) is 0 Å². The van der Waals surface area contributed by atoms with Crippen LogP contribution in [-0.4, -0.2) is 55.2 Å². The summed E-state index contributed by atoms with van der Waals surface area (Å²) in [6, 6.07) is 22.0. The van der Waals surface area contributed by atoms with Gasteiger partial charge in [0.15, 0.2) is 0 Å². The molecule has 0 atom stereocenters. The van der Waals surface area contributed by atoms with Crippen LogP contribution < -0.4 is 0 Å². The molecule has 2 aromatic rings. The van der Waals surface area contributed by atoms with Crippen molar-refractivity contribution in [2.75, 3.05) is 39.3 Å². The average Bonchev–Trinajstić information content (AvgIpc) is 3.52. The Morgan fingerprint density at radius 1 is 0.800 bits per heavy atom. The molecule has 1 aliphatic carbocycles. The highest BCUT2D eigenvalue weighted by molar-refractivity contribution is 5.29. The van der Waals surface area contributed by atoms with Crippen LogP contribution >= 0.6 is 0 Å². The molecular weight excluding hydrogens is 308 g/mol. The summed E-state index contributed by atoms with van der Waals surface area (Å²) in [4.78, 5) is 5.21. The Balaban J connectivity index is 1.32. The number of nitrogens with zero attached hydrogens (tertiary/aromatic N) is 2. The molecule has 132 valence electrons. The molecule has 0 aromatic heterocycles. The number of hydrogen-bond donors (Lipinski definition) is 0. The summed E-state index contributed by atoms with van der Waals surface area (Å²) in [5.41, 5.74) is 2.46. The van der Waals surface area contributed by atoms with Crippen molar-refractivity contribution in [1.82, 2.24) is 9.80 Å². The van der Waals surface area contributed by atoms with E-state index in [9.17, 15) is 0 Å². The molecule has 0 radical (unpaired) electrons. The zero-order chi connectivity index (χ0) is 16.9. The molecule has 3 heteroatoms. The molecule has 0 bridgehead atoms. The lowest BCUT2D eigenvalue weighted by molar-refractivity contribution is 0.0442. The number of ether oxygens (including phenoxy) is 1. The van der Waals surface area contributed by atoms with Crippen LogP contribution in [0.3, 0.4) is 0 Å². The van der Waals surface area contributed by atoms with Gasteiger partial charge in [-0.1, -0.05) is 60.7 Å². The van der Waals surface area contributed by atoms with Gasteiger partial charge in [0.05, 0.1) is 6.61 Å². The van der Waals surface area contributed by atoms with E-state index in [1.165, 1.54) is 50.1 Å². The fourth-order valence-electron chi connectivity index (χ4n) is 3.73. The molecule has 0 N–H and O–H groups in total. The highest BCUT2D eigenvalue weighted by Crippen LogP contribution is 2.28. The van der Waals surface area contributed by atoms with Crippen LogP contribution in [0.25, 0.3) is 0 Å². The Kier molecular flexibility index (Phi) is 5.46. The molecule has 2 aliphatic rings. The van der Waals surface area contributed by atoms with Crippen LogP contribution in [0.4, 0.5) is 0 Å². The minimum absolute atomic E-state index is 0.0233. The quantitative estimate of drug-likeness (QED) is 0.769. The fourth-order valence-corrected chi connectivity index (χ4v) is 3.73. The summed E-state index contributed by atoms with van der Waals surface area (Å²) < 4.78 is 6.35. The summed E-state index contributed by atoms with van der Waals surface area (Å²) >= 11 is 0. The van der Waals surface area contributed by atoms with E-state index in [4.69, 9.17) is 4.74 Å². The third-order valence-electron chi connectivity index (χ3n) is 5.37. The van der Waals surface area contributed by atoms with Crippen molar-refractivity contribution in [3.05, 3.63) is 71.8 Å². The normalized spacial score (nSPS) is 19.4. The lowest BCUT2D eigenvalue weighted by Gasteiger charge is -2.35. The van der Waals surface area contributed by atoms with E-state index in [1.54, 1.807) is 0 Å². The lowest BCUT2D eigenvalue weighted by Crippen LogP contribution is -2.48. The summed E-state index contributed by atoms with van der Waals surface area (Å²) in [7, 11) is 0. The molecule has 1 aliphatic heterocycles. The number of hydrogen-bond acceptors (Lipinski definition) is 3. The molecule has 2 fully saturated rings. The van der Waals surface area contributed by atoms with Crippen molar-refractivity contribution in [2.45, 2.75) is 25.0 Å². The van der Waals surface area contributed by atoms with Crippen LogP contribution in [0.2, 0.25) is 0 Å². The highest BCUT2D eigenvalue weighted by atomic mass is 16.5. The minimum atomic E-state index is 0.0233. The first-order valence-corrected chi connectivity index (χ1v) is 9.58. The molecule has 25 heavy (non-hydrogen) atoms. The molecule has 0 spiro atoms. The molecule has 0 amide bonds. The Labute approximate surface area is 151 Å². The molecule has 0 unspecified atom stereocenters. The number of rotatable bonds is 7. The van der Waals surface area contributed by atoms with Crippen molar-refractivity contribution in [1.29, 1.82) is 0 Å². The molecule has 1 saturated carbocycles. The van der Waals surface area contributed by atoms with Gasteiger partial charge in [-0.3, -0.25) is 9.80 Å². The summed E-state index contributed by atoms with van der Waals surface area (Å²) in [5, 5.41) is 0. The zero-order valence-corrected chi connectivity index (χ0v) is 14.9. The van der Waals surface area contributed by atoms with Crippen LogP contribution in [0.1, 0.15) is 30.1 Å². The zero-order valence-electron chi connectivity index (χ0n) is 14.9. The second kappa shape index (κ2) is 8.13. The van der Waals surface area contributed by atoms with E-state index in [1.807, 2.05) is 0 Å². The van der Waals surface area contributed by atoms with E-state index >= 15 is 0 Å². The van der Waals surface area contributed by atoms with Crippen LogP contribution in [-0.2, 0) is 4.74 Å². The van der Waals surface area contributed by atoms with Gasteiger partial charge in [0.1, 0.15) is 6.10 Å². The Hall–Kier alpha value is -1.68. The first-order chi connectivity index (χ1) is 12.4. The second-order valence-electron chi connectivity index (χ2n) is 7.18. The molecule has 4 rings (SSSR count). The fraction of sp³-hybridized carbons (Fsp3) is 0.455. The minimum Gasteiger partial charge on any atom is -0.367 e. The maximum Gasteiger partial charge on any atom is 0.108 e. The average molecular weight is 336 g/mol. The second-order valence-corrected chi connectivity index (χ2v) is 7.18. The van der Waals surface area contributed by atoms with Gasteiger partial charge in [-0.25, -0.2) is 0 Å². The standard InChI is InChI=1S/C22H28N2O/c1-3-7-19(8-4-1)22(20-9-5-2-6-10-20)25-18-17-23-13-15-24(16-14-23)21-11-12-21/h1-10,21-22H,11-18H2. The Morgan fingerprint density at radius 3 is 1.88 bits per heavy atom. The van der Waals surface area contributed by atoms with Gasteiger partial charge in [-0.15, -0.1) is 0 Å². The first-order valence-electron chi connectivity index (χ1n) is 9.58. The highest BCUT2D eigenvalue weighted by Gasteiger charge is 2.31.